The highest BCUT2D eigenvalue weighted by atomic mass is 32.2. The first kappa shape index (κ1) is 16.5. The summed E-state index contributed by atoms with van der Waals surface area (Å²) in [7, 11) is -3.41. The van der Waals surface area contributed by atoms with Crippen LogP contribution in [0.4, 0.5) is 0 Å². The predicted octanol–water partition coefficient (Wildman–Crippen LogP) is 2.91. The molecule has 5 heteroatoms. The van der Waals surface area contributed by atoms with Crippen LogP contribution < -0.4 is 5.73 Å². The molecular weight excluding hydrogens is 284 g/mol. The molecule has 2 rings (SSSR count). The van der Waals surface area contributed by atoms with E-state index < -0.39 is 10.0 Å². The Kier molecular flexibility index (Phi) is 4.76. The van der Waals surface area contributed by atoms with Gasteiger partial charge in [-0.1, -0.05) is 26.0 Å². The Labute approximate surface area is 128 Å². The van der Waals surface area contributed by atoms with Crippen LogP contribution in [0.25, 0.3) is 0 Å². The molecule has 0 saturated carbocycles. The first-order chi connectivity index (χ1) is 9.84. The summed E-state index contributed by atoms with van der Waals surface area (Å²) in [5.41, 5.74) is 6.86. The summed E-state index contributed by atoms with van der Waals surface area (Å²) in [5.74, 6) is 0. The van der Waals surface area contributed by atoms with Gasteiger partial charge < -0.3 is 5.73 Å². The molecule has 1 fully saturated rings. The second-order valence-corrected chi connectivity index (χ2v) is 8.09. The lowest BCUT2D eigenvalue weighted by Gasteiger charge is -2.26. The van der Waals surface area contributed by atoms with Crippen LogP contribution in [-0.4, -0.2) is 25.8 Å². The van der Waals surface area contributed by atoms with Crippen LogP contribution in [0, 0.1) is 5.41 Å². The summed E-state index contributed by atoms with van der Waals surface area (Å²) in [6.45, 7) is 7.41. The minimum Gasteiger partial charge on any atom is -0.324 e. The van der Waals surface area contributed by atoms with Gasteiger partial charge in [0.1, 0.15) is 0 Å². The summed E-state index contributed by atoms with van der Waals surface area (Å²) in [4.78, 5) is 0.361. The van der Waals surface area contributed by atoms with E-state index in [1.165, 1.54) is 0 Å². The number of sulfonamides is 1. The van der Waals surface area contributed by atoms with Crippen LogP contribution in [0.2, 0.25) is 0 Å². The van der Waals surface area contributed by atoms with Gasteiger partial charge in [0.05, 0.1) is 4.90 Å². The first-order valence-electron chi connectivity index (χ1n) is 7.70. The third kappa shape index (κ3) is 3.15. The summed E-state index contributed by atoms with van der Waals surface area (Å²) in [5, 5.41) is 0. The third-order valence-corrected chi connectivity index (χ3v) is 6.77. The fraction of sp³-hybridized carbons (Fsp3) is 0.625. The molecular formula is C16H26N2O2S. The summed E-state index contributed by atoms with van der Waals surface area (Å²) < 4.78 is 27.3. The maximum Gasteiger partial charge on any atom is 0.243 e. The van der Waals surface area contributed by atoms with Gasteiger partial charge in [-0.3, -0.25) is 0 Å². The molecule has 1 aliphatic heterocycles. The molecule has 0 amide bonds. The van der Waals surface area contributed by atoms with E-state index in [1.54, 1.807) is 22.5 Å². The van der Waals surface area contributed by atoms with Crippen molar-refractivity contribution in [1.29, 1.82) is 0 Å². The van der Waals surface area contributed by atoms with Crippen molar-refractivity contribution in [3.05, 3.63) is 29.8 Å². The van der Waals surface area contributed by atoms with E-state index in [9.17, 15) is 8.42 Å². The monoisotopic (exact) mass is 310 g/mol. The zero-order valence-corrected chi connectivity index (χ0v) is 14.0. The van der Waals surface area contributed by atoms with Gasteiger partial charge in [0.2, 0.25) is 10.0 Å². The highest BCUT2D eigenvalue weighted by Gasteiger charge is 2.40. The lowest BCUT2D eigenvalue weighted by molar-refractivity contribution is 0.279. The fourth-order valence-corrected chi connectivity index (χ4v) is 4.64. The van der Waals surface area contributed by atoms with Gasteiger partial charge in [0.15, 0.2) is 0 Å². The first-order valence-corrected chi connectivity index (χ1v) is 9.14. The molecule has 1 aromatic rings. The number of benzene rings is 1. The van der Waals surface area contributed by atoms with Crippen LogP contribution in [-0.2, 0) is 10.0 Å². The molecule has 2 N–H and O–H groups in total. The maximum absolute atomic E-state index is 12.8. The molecule has 118 valence electrons. The van der Waals surface area contributed by atoms with E-state index in [4.69, 9.17) is 5.73 Å². The summed E-state index contributed by atoms with van der Waals surface area (Å²) in [6.07, 6.45) is 3.00. The lowest BCUT2D eigenvalue weighted by Crippen LogP contribution is -2.32. The number of nitrogens with two attached hydrogens (primary N) is 1. The van der Waals surface area contributed by atoms with Gasteiger partial charge in [-0.25, -0.2) is 8.42 Å². The molecule has 21 heavy (non-hydrogen) atoms. The van der Waals surface area contributed by atoms with Gasteiger partial charge in [0.25, 0.3) is 0 Å². The van der Waals surface area contributed by atoms with Gasteiger partial charge in [-0.15, -0.1) is 0 Å². The molecule has 0 aliphatic carbocycles. The number of nitrogens with zero attached hydrogens (tertiary/aromatic N) is 1. The molecule has 0 bridgehead atoms. The number of hydrogen-bond acceptors (Lipinski definition) is 3. The van der Waals surface area contributed by atoms with Crippen molar-refractivity contribution >= 4 is 10.0 Å². The van der Waals surface area contributed by atoms with Crippen molar-refractivity contribution in [1.82, 2.24) is 4.31 Å². The second kappa shape index (κ2) is 6.07. The Bertz CT molecular complexity index is 592. The SMILES string of the molecule is CCC1(CC)CCN(S(=O)(=O)c2cccc(C(C)N)c2)C1. The topological polar surface area (TPSA) is 63.4 Å². The number of hydrogen-bond donors (Lipinski definition) is 1. The van der Waals surface area contributed by atoms with E-state index in [0.29, 0.717) is 18.0 Å². The fourth-order valence-electron chi connectivity index (χ4n) is 3.03. The van der Waals surface area contributed by atoms with Crippen molar-refractivity contribution in [2.75, 3.05) is 13.1 Å². The smallest absolute Gasteiger partial charge is 0.243 e. The molecule has 0 spiro atoms. The normalized spacial score (nSPS) is 20.6. The van der Waals surface area contributed by atoms with E-state index in [0.717, 1.165) is 24.8 Å². The van der Waals surface area contributed by atoms with Crippen LogP contribution in [0.3, 0.4) is 0 Å². The highest BCUT2D eigenvalue weighted by molar-refractivity contribution is 7.89. The average Bonchev–Trinajstić information content (AvgIpc) is 2.93. The van der Waals surface area contributed by atoms with Gasteiger partial charge in [-0.2, -0.15) is 4.31 Å². The largest absolute Gasteiger partial charge is 0.324 e. The molecule has 0 aromatic heterocycles. The Morgan fingerprint density at radius 1 is 1.33 bits per heavy atom. The van der Waals surface area contributed by atoms with E-state index in [-0.39, 0.29) is 11.5 Å². The Morgan fingerprint density at radius 3 is 2.52 bits per heavy atom. The molecule has 1 saturated heterocycles. The van der Waals surface area contributed by atoms with Crippen molar-refractivity contribution in [3.8, 4) is 0 Å². The molecule has 4 nitrogen and oxygen atoms in total. The maximum atomic E-state index is 12.8. The van der Waals surface area contributed by atoms with Gasteiger partial charge in [-0.05, 0) is 49.3 Å². The van der Waals surface area contributed by atoms with Crippen molar-refractivity contribution in [2.45, 2.75) is 51.0 Å². The molecule has 0 radical (unpaired) electrons. The highest BCUT2D eigenvalue weighted by Crippen LogP contribution is 2.39. The third-order valence-electron chi connectivity index (χ3n) is 4.92. The lowest BCUT2D eigenvalue weighted by atomic mass is 9.82. The van der Waals surface area contributed by atoms with Crippen molar-refractivity contribution < 1.29 is 8.42 Å². The molecule has 1 unspecified atom stereocenters. The van der Waals surface area contributed by atoms with Crippen LogP contribution in [0.15, 0.2) is 29.2 Å². The van der Waals surface area contributed by atoms with Crippen molar-refractivity contribution in [2.24, 2.45) is 11.1 Å². The second-order valence-electron chi connectivity index (χ2n) is 6.16. The average molecular weight is 310 g/mol. The quantitative estimate of drug-likeness (QED) is 0.909. The summed E-state index contributed by atoms with van der Waals surface area (Å²) in [6, 6.07) is 6.85. The van der Waals surface area contributed by atoms with Crippen LogP contribution >= 0.6 is 0 Å². The Morgan fingerprint density at radius 2 is 2.00 bits per heavy atom. The van der Waals surface area contributed by atoms with E-state index >= 15 is 0 Å². The minimum absolute atomic E-state index is 0.145. The van der Waals surface area contributed by atoms with Crippen LogP contribution in [0.1, 0.15) is 51.6 Å². The molecule has 1 aliphatic rings. The minimum atomic E-state index is -3.41. The van der Waals surface area contributed by atoms with E-state index in [1.807, 2.05) is 13.0 Å². The zero-order chi connectivity index (χ0) is 15.7. The molecule has 1 heterocycles. The predicted molar refractivity (Wildman–Crippen MR) is 85.4 cm³/mol. The molecule has 1 atom stereocenters. The Hall–Kier alpha value is -0.910. The number of rotatable bonds is 5. The van der Waals surface area contributed by atoms with Gasteiger partial charge in [0, 0.05) is 19.1 Å². The van der Waals surface area contributed by atoms with Crippen molar-refractivity contribution in [3.63, 3.8) is 0 Å². The summed E-state index contributed by atoms with van der Waals surface area (Å²) >= 11 is 0. The van der Waals surface area contributed by atoms with Crippen LogP contribution in [0.5, 0.6) is 0 Å². The van der Waals surface area contributed by atoms with Gasteiger partial charge >= 0.3 is 0 Å². The van der Waals surface area contributed by atoms with E-state index in [2.05, 4.69) is 13.8 Å². The zero-order valence-electron chi connectivity index (χ0n) is 13.2. The molecule has 1 aromatic carbocycles. The standard InChI is InChI=1S/C16H26N2O2S/c1-4-16(5-2)9-10-18(12-16)21(19,20)15-8-6-7-14(11-15)13(3)17/h6-8,11,13H,4-5,9-10,12,17H2,1-3H3. The Balaban J connectivity index is 2.29.